The molecule has 2 fully saturated rings. The van der Waals surface area contributed by atoms with E-state index < -0.39 is 5.60 Å². The molecule has 0 radical (unpaired) electrons. The van der Waals surface area contributed by atoms with Crippen LogP contribution in [0.25, 0.3) is 0 Å². The zero-order valence-electron chi connectivity index (χ0n) is 9.11. The van der Waals surface area contributed by atoms with E-state index in [0.717, 1.165) is 13.1 Å². The van der Waals surface area contributed by atoms with Gasteiger partial charge in [0.05, 0.1) is 13.2 Å². The number of hydrogen-bond donors (Lipinski definition) is 1. The summed E-state index contributed by atoms with van der Waals surface area (Å²) in [7, 11) is 2.04. The van der Waals surface area contributed by atoms with E-state index in [1.807, 2.05) is 7.05 Å². The molecule has 86 valence electrons. The van der Waals surface area contributed by atoms with Crippen LogP contribution in [0, 0.1) is 0 Å². The van der Waals surface area contributed by atoms with E-state index in [2.05, 4.69) is 4.90 Å². The number of carbonyl (C=O) groups is 1. The van der Waals surface area contributed by atoms with E-state index >= 15 is 0 Å². The van der Waals surface area contributed by atoms with Gasteiger partial charge in [0.2, 0.25) is 0 Å². The number of piperazine rings is 1. The predicted molar refractivity (Wildman–Crippen MR) is 54.5 cm³/mol. The molecule has 0 aromatic carbocycles. The zero-order chi connectivity index (χ0) is 10.9. The summed E-state index contributed by atoms with van der Waals surface area (Å²) in [5.74, 6) is -0.159. The third-order valence-electron chi connectivity index (χ3n) is 3.19. The summed E-state index contributed by atoms with van der Waals surface area (Å²) in [6, 6.07) is 0. The third kappa shape index (κ3) is 2.14. The molecule has 1 unspecified atom stereocenters. The molecule has 15 heavy (non-hydrogen) atoms. The van der Waals surface area contributed by atoms with E-state index in [9.17, 15) is 9.90 Å². The molecule has 0 aliphatic carbocycles. The maximum Gasteiger partial charge on any atom is 0.257 e. The van der Waals surface area contributed by atoms with Crippen molar-refractivity contribution in [1.82, 2.24) is 9.80 Å². The molecule has 5 nitrogen and oxygen atoms in total. The van der Waals surface area contributed by atoms with Crippen LogP contribution in [-0.4, -0.2) is 72.9 Å². The minimum Gasteiger partial charge on any atom is -0.378 e. The molecule has 0 aromatic rings. The highest BCUT2D eigenvalue weighted by molar-refractivity contribution is 5.85. The molecule has 0 aromatic heterocycles. The van der Waals surface area contributed by atoms with Gasteiger partial charge in [-0.3, -0.25) is 4.79 Å². The van der Waals surface area contributed by atoms with Crippen LogP contribution in [-0.2, 0) is 9.53 Å². The summed E-state index contributed by atoms with van der Waals surface area (Å²) in [4.78, 5) is 15.9. The molecule has 0 spiro atoms. The van der Waals surface area contributed by atoms with Crippen molar-refractivity contribution in [2.75, 3.05) is 46.4 Å². The Kier molecular flexibility index (Phi) is 2.95. The Balaban J connectivity index is 1.95. The lowest BCUT2D eigenvalue weighted by Gasteiger charge is -2.36. The summed E-state index contributed by atoms with van der Waals surface area (Å²) in [6.07, 6.45) is 0.429. The quantitative estimate of drug-likeness (QED) is 0.603. The van der Waals surface area contributed by atoms with Crippen LogP contribution in [0.15, 0.2) is 0 Å². The van der Waals surface area contributed by atoms with Crippen LogP contribution in [0.5, 0.6) is 0 Å². The molecule has 2 rings (SSSR count). The highest BCUT2D eigenvalue weighted by atomic mass is 16.5. The third-order valence-corrected chi connectivity index (χ3v) is 3.19. The second kappa shape index (κ2) is 4.08. The zero-order valence-corrected chi connectivity index (χ0v) is 9.11. The van der Waals surface area contributed by atoms with Gasteiger partial charge in [-0.1, -0.05) is 0 Å². The largest absolute Gasteiger partial charge is 0.378 e. The van der Waals surface area contributed by atoms with Crippen molar-refractivity contribution in [3.05, 3.63) is 0 Å². The van der Waals surface area contributed by atoms with Gasteiger partial charge in [-0.25, -0.2) is 0 Å². The molecule has 1 amide bonds. The molecule has 1 N–H and O–H groups in total. The average molecular weight is 214 g/mol. The first-order valence-corrected chi connectivity index (χ1v) is 5.40. The van der Waals surface area contributed by atoms with Gasteiger partial charge in [-0.2, -0.15) is 0 Å². The van der Waals surface area contributed by atoms with Gasteiger partial charge < -0.3 is 19.6 Å². The van der Waals surface area contributed by atoms with E-state index in [-0.39, 0.29) is 12.5 Å². The second-order valence-corrected chi connectivity index (χ2v) is 4.43. The minimum absolute atomic E-state index is 0.151. The summed E-state index contributed by atoms with van der Waals surface area (Å²) in [6.45, 7) is 3.80. The van der Waals surface area contributed by atoms with Gasteiger partial charge in [-0.15, -0.1) is 0 Å². The maximum absolute atomic E-state index is 12.0. The molecule has 2 aliphatic heterocycles. The summed E-state index contributed by atoms with van der Waals surface area (Å²) in [5.41, 5.74) is -1.25. The standard InChI is InChI=1S/C10H18N2O3/c1-11-3-5-12(6-4-11)9(13)10(14)2-7-15-8-10/h14H,2-8H2,1H3. The number of ether oxygens (including phenoxy) is 1. The lowest BCUT2D eigenvalue weighted by Crippen LogP contribution is -2.55. The Morgan fingerprint density at radius 2 is 2.00 bits per heavy atom. The molecular weight excluding hydrogens is 196 g/mol. The Bertz CT molecular complexity index is 243. The fourth-order valence-corrected chi connectivity index (χ4v) is 2.03. The first-order valence-electron chi connectivity index (χ1n) is 5.40. The number of rotatable bonds is 1. The number of carbonyl (C=O) groups excluding carboxylic acids is 1. The monoisotopic (exact) mass is 214 g/mol. The molecular formula is C10H18N2O3. The molecule has 1 atom stereocenters. The van der Waals surface area contributed by atoms with E-state index in [1.165, 1.54) is 0 Å². The second-order valence-electron chi connectivity index (χ2n) is 4.43. The Morgan fingerprint density at radius 1 is 1.33 bits per heavy atom. The van der Waals surface area contributed by atoms with Crippen molar-refractivity contribution in [3.63, 3.8) is 0 Å². The van der Waals surface area contributed by atoms with Crippen LogP contribution < -0.4 is 0 Å². The first-order chi connectivity index (χ1) is 7.12. The highest BCUT2D eigenvalue weighted by Crippen LogP contribution is 2.21. The van der Waals surface area contributed by atoms with Crippen LogP contribution in [0.3, 0.4) is 0 Å². The summed E-state index contributed by atoms with van der Waals surface area (Å²) < 4.78 is 5.09. The Morgan fingerprint density at radius 3 is 2.53 bits per heavy atom. The van der Waals surface area contributed by atoms with Gasteiger partial charge in [0.25, 0.3) is 5.91 Å². The van der Waals surface area contributed by atoms with Crippen LogP contribution >= 0.6 is 0 Å². The van der Waals surface area contributed by atoms with E-state index in [0.29, 0.717) is 26.1 Å². The number of amides is 1. The topological polar surface area (TPSA) is 53.0 Å². The van der Waals surface area contributed by atoms with Crippen molar-refractivity contribution >= 4 is 5.91 Å². The van der Waals surface area contributed by atoms with Crippen molar-refractivity contribution in [1.29, 1.82) is 0 Å². The number of hydrogen-bond acceptors (Lipinski definition) is 4. The lowest BCUT2D eigenvalue weighted by molar-refractivity contribution is -0.152. The smallest absolute Gasteiger partial charge is 0.257 e. The average Bonchev–Trinajstić information content (AvgIpc) is 2.67. The van der Waals surface area contributed by atoms with Crippen molar-refractivity contribution < 1.29 is 14.6 Å². The molecule has 0 saturated carbocycles. The molecule has 5 heteroatoms. The Labute approximate surface area is 89.6 Å². The molecule has 2 saturated heterocycles. The number of likely N-dealkylation sites (N-methyl/N-ethyl adjacent to an activating group) is 1. The Hall–Kier alpha value is -0.650. The van der Waals surface area contributed by atoms with Crippen LogP contribution in [0.1, 0.15) is 6.42 Å². The van der Waals surface area contributed by atoms with E-state index in [4.69, 9.17) is 4.74 Å². The normalized spacial score (nSPS) is 33.3. The molecule has 0 bridgehead atoms. The van der Waals surface area contributed by atoms with Crippen molar-refractivity contribution in [2.45, 2.75) is 12.0 Å². The minimum atomic E-state index is -1.25. The molecule has 2 heterocycles. The van der Waals surface area contributed by atoms with Crippen molar-refractivity contribution in [2.24, 2.45) is 0 Å². The predicted octanol–water partition coefficient (Wildman–Crippen LogP) is -1.09. The fourth-order valence-electron chi connectivity index (χ4n) is 2.03. The van der Waals surface area contributed by atoms with Crippen molar-refractivity contribution in [3.8, 4) is 0 Å². The van der Waals surface area contributed by atoms with E-state index in [1.54, 1.807) is 4.90 Å². The summed E-state index contributed by atoms with van der Waals surface area (Å²) in [5, 5.41) is 10.0. The first kappa shape index (κ1) is 10.9. The number of nitrogens with zero attached hydrogens (tertiary/aromatic N) is 2. The van der Waals surface area contributed by atoms with Gasteiger partial charge in [0, 0.05) is 32.6 Å². The fraction of sp³-hybridized carbons (Fsp3) is 0.900. The van der Waals surface area contributed by atoms with Crippen LogP contribution in [0.4, 0.5) is 0 Å². The SMILES string of the molecule is CN1CCN(C(=O)C2(O)CCOC2)CC1. The summed E-state index contributed by atoms with van der Waals surface area (Å²) >= 11 is 0. The van der Waals surface area contributed by atoms with Crippen LogP contribution in [0.2, 0.25) is 0 Å². The maximum atomic E-state index is 12.0. The van der Waals surface area contributed by atoms with Gasteiger partial charge in [0.1, 0.15) is 0 Å². The van der Waals surface area contributed by atoms with Gasteiger partial charge >= 0.3 is 0 Å². The number of aliphatic hydroxyl groups is 1. The lowest BCUT2D eigenvalue weighted by atomic mass is 10.0. The highest BCUT2D eigenvalue weighted by Gasteiger charge is 2.43. The van der Waals surface area contributed by atoms with Gasteiger partial charge in [-0.05, 0) is 7.05 Å². The van der Waals surface area contributed by atoms with Gasteiger partial charge in [0.15, 0.2) is 5.60 Å². The molecule has 2 aliphatic rings.